The molecule has 27 heteroatoms. The number of nitrogens with zero attached hydrogens (tertiary/aromatic N) is 1. The van der Waals surface area contributed by atoms with Crippen LogP contribution in [0, 0.1) is 46.1 Å². The van der Waals surface area contributed by atoms with Gasteiger partial charge < -0.3 is 103 Å². The van der Waals surface area contributed by atoms with Crippen LogP contribution in [0.3, 0.4) is 0 Å². The van der Waals surface area contributed by atoms with Crippen LogP contribution in [-0.4, -0.2) is 207 Å². The van der Waals surface area contributed by atoms with Crippen molar-refractivity contribution in [1.29, 1.82) is 0 Å². The van der Waals surface area contributed by atoms with E-state index in [2.05, 4.69) is 12.2 Å². The molecule has 10 rings (SSSR count). The van der Waals surface area contributed by atoms with Gasteiger partial charge in [-0.3, -0.25) is 14.8 Å². The van der Waals surface area contributed by atoms with E-state index in [4.69, 9.17) is 61.6 Å². The number of hydroxylamine groups is 2. The van der Waals surface area contributed by atoms with Crippen molar-refractivity contribution in [2.24, 2.45) is 40.9 Å². The molecule has 29 atom stereocenters. The van der Waals surface area contributed by atoms with E-state index in [1.54, 1.807) is 41.5 Å². The quantitative estimate of drug-likeness (QED) is 0.0336. The Morgan fingerprint density at radius 2 is 1.33 bits per heavy atom. The number of ether oxygens (including phenoxy) is 13. The van der Waals surface area contributed by atoms with E-state index in [1.165, 1.54) is 19.9 Å². The third-order valence-corrected chi connectivity index (χ3v) is 21.8. The molecule has 4 aliphatic carbocycles. The topological polar surface area (TPSA) is 365 Å². The summed E-state index contributed by atoms with van der Waals surface area (Å²) in [5.41, 5.74) is -5.57. The van der Waals surface area contributed by atoms with Gasteiger partial charge in [0.1, 0.15) is 23.5 Å². The second-order valence-corrected chi connectivity index (χ2v) is 28.4. The van der Waals surface area contributed by atoms with Crippen molar-refractivity contribution in [2.75, 3.05) is 7.11 Å². The monoisotopic (exact) mass is 1330 g/mol. The number of alkyl carbamates (subject to hydrolysis) is 1. The van der Waals surface area contributed by atoms with Crippen molar-refractivity contribution in [2.45, 2.75) is 281 Å². The van der Waals surface area contributed by atoms with Gasteiger partial charge in [-0.15, -0.1) is 0 Å². The summed E-state index contributed by atoms with van der Waals surface area (Å²) < 4.78 is 81.5. The number of aliphatic carboxylic acids is 1. The average molecular weight is 1330 g/mol. The summed E-state index contributed by atoms with van der Waals surface area (Å²) in [6, 6.07) is -1.08. The van der Waals surface area contributed by atoms with Gasteiger partial charge in [0.15, 0.2) is 43.2 Å². The maximum atomic E-state index is 15.6. The Hall–Kier alpha value is -4.79. The van der Waals surface area contributed by atoms with E-state index in [1.807, 2.05) is 39.0 Å². The molecule has 27 nitrogen and oxygen atoms in total. The zero-order valence-electron chi connectivity index (χ0n) is 55.9. The maximum absolute atomic E-state index is 15.6. The predicted molar refractivity (Wildman–Crippen MR) is 327 cm³/mol. The fourth-order valence-corrected chi connectivity index (χ4v) is 16.9. The molecule has 6 aliphatic heterocycles. The fraction of sp³-hybridized carbons (Fsp3) is 0.776. The second kappa shape index (κ2) is 28.6. The lowest BCUT2D eigenvalue weighted by atomic mass is 9.49. The number of amides is 1. The number of ketones is 1. The minimum Gasteiger partial charge on any atom is -0.762 e. The number of hydrogen-bond acceptors (Lipinski definition) is 25. The molecule has 2 bridgehead atoms. The van der Waals surface area contributed by atoms with Crippen LogP contribution in [0.15, 0.2) is 58.4 Å². The van der Waals surface area contributed by atoms with Crippen LogP contribution in [-0.2, 0) is 80.8 Å². The number of rotatable bonds is 14. The SMILES string of the molecule is COC(=O)NC1C(C)OC(OC2CC=C(C)C3C=CC4C(OC5CC(OC6CCC(OC7CC(O)C(OC8CCC(O)C(C)O8)C(C)O7)C(C)O6)C(OC(C)=O)C(C)O5)C(C)CC(C)C4C3(C)C(O)=C3C(=O)OC4(CC(C(=O)O)=CC(O)C4C=C2C)C3=O)CC1(C)N([O-])O. The number of hydrogen-bond donors (Lipinski definition) is 7. The molecule has 1 spiro atoms. The molecule has 1 saturated carbocycles. The van der Waals surface area contributed by atoms with Gasteiger partial charge in [-0.05, 0) is 110 Å². The molecule has 7 fully saturated rings. The van der Waals surface area contributed by atoms with Gasteiger partial charge in [-0.25, -0.2) is 14.4 Å². The minimum absolute atomic E-state index is 0.0858. The highest BCUT2D eigenvalue weighted by Gasteiger charge is 2.65. The first-order valence-corrected chi connectivity index (χ1v) is 33.2. The van der Waals surface area contributed by atoms with Crippen LogP contribution >= 0.6 is 0 Å². The van der Waals surface area contributed by atoms with E-state index in [0.29, 0.717) is 43.3 Å². The van der Waals surface area contributed by atoms with Gasteiger partial charge in [0.25, 0.3) is 0 Å². The molecule has 0 aromatic rings. The van der Waals surface area contributed by atoms with E-state index < -0.39 is 216 Å². The number of carboxylic acid groups (broad SMARTS) is 1. The molecule has 6 saturated heterocycles. The molecule has 29 unspecified atom stereocenters. The van der Waals surface area contributed by atoms with E-state index >= 15 is 4.79 Å². The molecule has 0 aromatic heterocycles. The Morgan fingerprint density at radius 3 is 1.98 bits per heavy atom. The lowest BCUT2D eigenvalue weighted by Gasteiger charge is -2.56. The van der Waals surface area contributed by atoms with Gasteiger partial charge in [0.05, 0.1) is 91.8 Å². The van der Waals surface area contributed by atoms with Crippen LogP contribution in [0.4, 0.5) is 4.79 Å². The summed E-state index contributed by atoms with van der Waals surface area (Å²) in [7, 11) is 1.15. The first-order valence-electron chi connectivity index (χ1n) is 33.2. The van der Waals surface area contributed by atoms with Crippen LogP contribution in [0.1, 0.15) is 147 Å². The Balaban J connectivity index is 0.910. The Labute approximate surface area is 547 Å². The van der Waals surface area contributed by atoms with E-state index in [9.17, 15) is 55.1 Å². The molecule has 1 amide bonds. The van der Waals surface area contributed by atoms with Crippen molar-refractivity contribution >= 4 is 29.8 Å². The molecule has 7 N–H and O–H groups in total. The zero-order chi connectivity index (χ0) is 68.4. The van der Waals surface area contributed by atoms with Crippen LogP contribution < -0.4 is 5.32 Å². The summed E-state index contributed by atoms with van der Waals surface area (Å²) in [6.45, 7) is 20.9. The van der Waals surface area contributed by atoms with Gasteiger partial charge in [-0.1, -0.05) is 50.6 Å². The van der Waals surface area contributed by atoms with E-state index in [0.717, 1.165) is 13.2 Å². The highest BCUT2D eigenvalue weighted by Crippen LogP contribution is 2.61. The number of allylic oxidation sites excluding steroid dienone is 3. The van der Waals surface area contributed by atoms with Crippen LogP contribution in [0.2, 0.25) is 0 Å². The van der Waals surface area contributed by atoms with Crippen molar-refractivity contribution in [1.82, 2.24) is 10.5 Å². The Kier molecular flexibility index (Phi) is 21.9. The highest BCUT2D eigenvalue weighted by atomic mass is 16.8. The minimum atomic E-state index is -2.36. The third kappa shape index (κ3) is 14.1. The Morgan fingerprint density at radius 1 is 0.702 bits per heavy atom. The largest absolute Gasteiger partial charge is 0.762 e. The molecule has 6 heterocycles. The maximum Gasteiger partial charge on any atom is 0.407 e. The summed E-state index contributed by atoms with van der Waals surface area (Å²) in [6.07, 6.45) is -5.62. The molecule has 10 aliphatic rings. The molecule has 94 heavy (non-hydrogen) atoms. The number of esters is 2. The number of fused-ring (bicyclic) bond motifs is 4. The van der Waals surface area contributed by atoms with E-state index in [-0.39, 0.29) is 42.7 Å². The van der Waals surface area contributed by atoms with Crippen molar-refractivity contribution < 1.29 is 116 Å². The third-order valence-electron chi connectivity index (χ3n) is 21.8. The molecular weight excluding hydrogens is 1230 g/mol. The summed E-state index contributed by atoms with van der Waals surface area (Å²) in [5.74, 6) is -8.42. The van der Waals surface area contributed by atoms with Crippen LogP contribution in [0.25, 0.3) is 0 Å². The smallest absolute Gasteiger partial charge is 0.407 e. The molecular formula is C67H97N2O25-. The lowest BCUT2D eigenvalue weighted by Crippen LogP contribution is -2.67. The first kappa shape index (κ1) is 72.0. The summed E-state index contributed by atoms with van der Waals surface area (Å²) in [5, 5.41) is 82.9. The number of aliphatic hydroxyl groups is 4. The zero-order valence-corrected chi connectivity index (χ0v) is 55.9. The number of nitrogens with one attached hydrogen (secondary N) is 1. The summed E-state index contributed by atoms with van der Waals surface area (Å²) >= 11 is 0. The predicted octanol–water partition coefficient (Wildman–Crippen LogP) is 6.16. The van der Waals surface area contributed by atoms with Gasteiger partial charge >= 0.3 is 24.0 Å². The molecule has 526 valence electrons. The van der Waals surface area contributed by atoms with Crippen molar-refractivity contribution in [3.05, 3.63) is 63.6 Å². The molecule has 0 aromatic carbocycles. The summed E-state index contributed by atoms with van der Waals surface area (Å²) in [4.78, 5) is 68.3. The number of carbonyl (C=O) groups excluding carboxylic acids is 4. The van der Waals surface area contributed by atoms with Gasteiger partial charge in [0, 0.05) is 68.3 Å². The van der Waals surface area contributed by atoms with Gasteiger partial charge in [-0.2, -0.15) is 0 Å². The van der Waals surface area contributed by atoms with Gasteiger partial charge in [0.2, 0.25) is 5.78 Å². The number of Topliss-reactive ketones (excluding diaryl/α,β-unsaturated/α-hetero) is 1. The number of carbonyl (C=O) groups is 5. The first-order chi connectivity index (χ1) is 44.3. The second-order valence-electron chi connectivity index (χ2n) is 28.4. The fourth-order valence-electron chi connectivity index (χ4n) is 16.9. The molecule has 0 radical (unpaired) electrons. The average Bonchev–Trinajstić information content (AvgIpc) is 1.37. The number of aliphatic hydroxyl groups excluding tert-OH is 4. The standard InChI is InChI=1S/C67H97N2O25/c1-29-14-18-46(89-53-28-65(11,69(80)81)59(37(9)87-53)68-64(79)82-13)30(2)23-42-44(72)24-39(62(76)77)27-67(42)61(75)54(63(78)94-67)60(74)66(12)41(29)16-15-40-55(66)31(3)22-32(4)56(40)93-52-26-48(58(36(8)86-52)88-38(10)70)91-49-21-19-47(34(6)84-49)90-51-25-45(73)57(35(7)85-51)92-50-20-17-43(71)33(5)83-50/h14-16,23-24,31-37,40-53,55-59,71-74,80H,17-22,25-28H2,1-13H3,(H,68,79)(H,76,77)/q-1. The lowest BCUT2D eigenvalue weighted by molar-refractivity contribution is -0.331. The normalized spacial score (nSPS) is 46.0. The number of carboxylic acids is 1. The Bertz CT molecular complexity index is 2960. The van der Waals surface area contributed by atoms with Crippen molar-refractivity contribution in [3.63, 3.8) is 0 Å². The van der Waals surface area contributed by atoms with Crippen molar-refractivity contribution in [3.8, 4) is 0 Å². The number of methoxy groups -OCH3 is 1. The van der Waals surface area contributed by atoms with Crippen LogP contribution in [0.5, 0.6) is 0 Å². The highest BCUT2D eigenvalue weighted by molar-refractivity contribution is 6.26.